The zero-order chi connectivity index (χ0) is 36.9. The first-order valence-corrected chi connectivity index (χ1v) is 21.2. The molecule has 1 saturated heterocycles. The summed E-state index contributed by atoms with van der Waals surface area (Å²) < 4.78 is 58.6. The lowest BCUT2D eigenvalue weighted by molar-refractivity contribution is -0.301. The third-order valence-electron chi connectivity index (χ3n) is 9.23. The van der Waals surface area contributed by atoms with Crippen LogP contribution < -0.4 is 0 Å². The van der Waals surface area contributed by atoms with E-state index in [1.807, 2.05) is 0 Å². The van der Waals surface area contributed by atoms with Crippen molar-refractivity contribution in [2.45, 2.75) is 205 Å². The molecule has 1 fully saturated rings. The maximum absolute atomic E-state index is 12.7. The number of hydrogen-bond acceptors (Lipinski definition) is 11. The summed E-state index contributed by atoms with van der Waals surface area (Å²) in [7, 11) is -5.05. The second kappa shape index (κ2) is 30.6. The van der Waals surface area contributed by atoms with Crippen LogP contribution in [-0.4, -0.2) is 97.5 Å². The smallest absolute Gasteiger partial charge is 0.397 e. The number of esters is 1. The maximum Gasteiger partial charge on any atom is 0.397 e. The molecule has 13 heteroatoms. The molecular weight excluding hydrogens is 668 g/mol. The molecular formula is C37H72O12S. The van der Waals surface area contributed by atoms with Crippen LogP contribution in [0.4, 0.5) is 0 Å². The lowest BCUT2D eigenvalue weighted by atomic mass is 9.99. The molecule has 6 unspecified atom stereocenters. The number of aliphatic hydroxyl groups excluding tert-OH is 3. The van der Waals surface area contributed by atoms with E-state index < -0.39 is 59.8 Å². The van der Waals surface area contributed by atoms with E-state index in [4.69, 9.17) is 23.5 Å². The van der Waals surface area contributed by atoms with Crippen LogP contribution in [0.1, 0.15) is 168 Å². The molecule has 0 aliphatic carbocycles. The summed E-state index contributed by atoms with van der Waals surface area (Å²) >= 11 is 0. The highest BCUT2D eigenvalue weighted by atomic mass is 32.3. The van der Waals surface area contributed by atoms with Gasteiger partial charge in [0.05, 0.1) is 19.8 Å². The highest BCUT2D eigenvalue weighted by Crippen LogP contribution is 2.26. The summed E-state index contributed by atoms with van der Waals surface area (Å²) in [5.74, 6) is -0.399. The Morgan fingerprint density at radius 1 is 0.680 bits per heavy atom. The molecule has 1 aliphatic rings. The van der Waals surface area contributed by atoms with Gasteiger partial charge in [0.25, 0.3) is 0 Å². The van der Waals surface area contributed by atoms with Crippen molar-refractivity contribution in [3.05, 3.63) is 0 Å². The van der Waals surface area contributed by atoms with Gasteiger partial charge in [-0.3, -0.25) is 9.35 Å². The normalized spacial score (nSPS) is 21.8. The van der Waals surface area contributed by atoms with Crippen molar-refractivity contribution in [1.29, 1.82) is 0 Å². The standard InChI is InChI=1S/C37H72O12S/c1-3-5-7-9-11-12-13-14-15-16-17-18-19-20-21-22-24-26-33(39)47-31(29-45-27-25-23-10-8-6-4-2)30-46-37-35(41)36(49-50(42,43)44)34(40)32(28-38)48-37/h31-32,34-38,40-41H,3-30H2,1-2H3,(H,42,43,44). The molecule has 298 valence electrons. The summed E-state index contributed by atoms with van der Waals surface area (Å²) in [6.07, 6.45) is 18.9. The fourth-order valence-electron chi connectivity index (χ4n) is 6.20. The fourth-order valence-corrected chi connectivity index (χ4v) is 6.71. The van der Waals surface area contributed by atoms with Gasteiger partial charge in [0, 0.05) is 13.0 Å². The van der Waals surface area contributed by atoms with Gasteiger partial charge in [-0.05, 0) is 12.8 Å². The van der Waals surface area contributed by atoms with Crippen molar-refractivity contribution < 1.29 is 56.2 Å². The van der Waals surface area contributed by atoms with Crippen LogP contribution in [0.5, 0.6) is 0 Å². The summed E-state index contributed by atoms with van der Waals surface area (Å²) in [5.41, 5.74) is 0. The van der Waals surface area contributed by atoms with Crippen LogP contribution in [-0.2, 0) is 38.3 Å². The van der Waals surface area contributed by atoms with Gasteiger partial charge in [0.1, 0.15) is 30.5 Å². The highest BCUT2D eigenvalue weighted by Gasteiger charge is 2.48. The van der Waals surface area contributed by atoms with Crippen LogP contribution in [0, 0.1) is 0 Å². The molecule has 1 rings (SSSR count). The van der Waals surface area contributed by atoms with Crippen molar-refractivity contribution in [1.82, 2.24) is 0 Å². The van der Waals surface area contributed by atoms with Crippen molar-refractivity contribution in [3.63, 3.8) is 0 Å². The number of aliphatic hydroxyl groups is 3. The largest absolute Gasteiger partial charge is 0.457 e. The molecule has 0 aromatic heterocycles. The summed E-state index contributed by atoms with van der Waals surface area (Å²) in [6, 6.07) is 0. The third kappa shape index (κ3) is 24.4. The van der Waals surface area contributed by atoms with Crippen molar-refractivity contribution in [2.24, 2.45) is 0 Å². The first kappa shape index (κ1) is 47.1. The number of ether oxygens (including phenoxy) is 4. The Kier molecular flexibility index (Phi) is 28.8. The first-order chi connectivity index (χ1) is 24.1. The quantitative estimate of drug-likeness (QED) is 0.0303. The van der Waals surface area contributed by atoms with Gasteiger partial charge in [0.2, 0.25) is 0 Å². The summed E-state index contributed by atoms with van der Waals surface area (Å²) in [4.78, 5) is 12.7. The number of carbonyl (C=O) groups excluding carboxylic acids is 1. The molecule has 0 aromatic carbocycles. The number of rotatable bonds is 34. The van der Waals surface area contributed by atoms with Crippen LogP contribution in [0.25, 0.3) is 0 Å². The van der Waals surface area contributed by atoms with Gasteiger partial charge in [-0.25, -0.2) is 4.18 Å². The SMILES string of the molecule is CCCCCCCCCCCCCCCCCCCC(=O)OC(COCCCCCCCC)COC1OC(CO)C(O)C(OS(=O)(=O)O)C1O. The van der Waals surface area contributed by atoms with Crippen LogP contribution in [0.2, 0.25) is 0 Å². The summed E-state index contributed by atoms with van der Waals surface area (Å²) in [6.45, 7) is 3.94. The fraction of sp³-hybridized carbons (Fsp3) is 0.973. The Hall–Kier alpha value is -0.900. The Morgan fingerprint density at radius 2 is 1.14 bits per heavy atom. The number of hydrogen-bond donors (Lipinski definition) is 4. The molecule has 1 heterocycles. The van der Waals surface area contributed by atoms with E-state index in [1.165, 1.54) is 103 Å². The molecule has 0 amide bonds. The van der Waals surface area contributed by atoms with E-state index in [0.717, 1.165) is 38.5 Å². The van der Waals surface area contributed by atoms with Crippen molar-refractivity contribution >= 4 is 16.4 Å². The monoisotopic (exact) mass is 740 g/mol. The van der Waals surface area contributed by atoms with Crippen molar-refractivity contribution in [3.8, 4) is 0 Å². The van der Waals surface area contributed by atoms with E-state index in [9.17, 15) is 28.5 Å². The minimum absolute atomic E-state index is 0.0412. The molecule has 50 heavy (non-hydrogen) atoms. The van der Waals surface area contributed by atoms with E-state index in [0.29, 0.717) is 13.0 Å². The van der Waals surface area contributed by atoms with E-state index >= 15 is 0 Å². The second-order valence-corrected chi connectivity index (χ2v) is 14.9. The van der Waals surface area contributed by atoms with Gasteiger partial charge in [0.15, 0.2) is 6.29 Å². The first-order valence-electron chi connectivity index (χ1n) is 19.8. The van der Waals surface area contributed by atoms with E-state index in [-0.39, 0.29) is 19.6 Å². The van der Waals surface area contributed by atoms with Gasteiger partial charge in [-0.15, -0.1) is 0 Å². The average molecular weight is 741 g/mol. The topological polar surface area (TPSA) is 178 Å². The predicted molar refractivity (Wildman–Crippen MR) is 193 cm³/mol. The molecule has 0 saturated carbocycles. The molecule has 6 atom stereocenters. The Bertz CT molecular complexity index is 905. The predicted octanol–water partition coefficient (Wildman–Crippen LogP) is 6.96. The Morgan fingerprint density at radius 3 is 1.60 bits per heavy atom. The van der Waals surface area contributed by atoms with E-state index in [2.05, 4.69) is 18.0 Å². The van der Waals surface area contributed by atoms with Crippen LogP contribution in [0.3, 0.4) is 0 Å². The maximum atomic E-state index is 12.7. The molecule has 0 radical (unpaired) electrons. The molecule has 0 spiro atoms. The van der Waals surface area contributed by atoms with Gasteiger partial charge < -0.3 is 34.3 Å². The minimum atomic E-state index is -5.05. The molecule has 4 N–H and O–H groups in total. The molecule has 0 aromatic rings. The molecule has 0 bridgehead atoms. The van der Waals surface area contributed by atoms with Crippen molar-refractivity contribution in [2.75, 3.05) is 26.4 Å². The number of unbranched alkanes of at least 4 members (excludes halogenated alkanes) is 21. The van der Waals surface area contributed by atoms with Gasteiger partial charge in [-0.2, -0.15) is 8.42 Å². The zero-order valence-electron chi connectivity index (χ0n) is 31.2. The zero-order valence-corrected chi connectivity index (χ0v) is 32.0. The second-order valence-electron chi connectivity index (χ2n) is 13.9. The van der Waals surface area contributed by atoms with E-state index in [1.54, 1.807) is 0 Å². The minimum Gasteiger partial charge on any atom is -0.457 e. The Labute approximate surface area is 303 Å². The summed E-state index contributed by atoms with van der Waals surface area (Å²) in [5, 5.41) is 30.4. The van der Waals surface area contributed by atoms with Crippen LogP contribution >= 0.6 is 0 Å². The van der Waals surface area contributed by atoms with Gasteiger partial charge in [-0.1, -0.05) is 149 Å². The lowest BCUT2D eigenvalue weighted by Gasteiger charge is -2.41. The van der Waals surface area contributed by atoms with Crippen LogP contribution in [0.15, 0.2) is 0 Å². The third-order valence-corrected chi connectivity index (χ3v) is 9.69. The molecule has 1 aliphatic heterocycles. The Balaban J connectivity index is 2.39. The van der Waals surface area contributed by atoms with Gasteiger partial charge >= 0.3 is 16.4 Å². The molecule has 12 nitrogen and oxygen atoms in total. The average Bonchev–Trinajstić information content (AvgIpc) is 3.08. The lowest BCUT2D eigenvalue weighted by Crippen LogP contribution is -2.60. The number of carbonyl (C=O) groups is 1. The highest BCUT2D eigenvalue weighted by molar-refractivity contribution is 7.80.